The Morgan fingerprint density at radius 2 is 1.45 bits per heavy atom. The van der Waals surface area contributed by atoms with Crippen molar-refractivity contribution in [2.75, 3.05) is 0 Å². The molecule has 106 valence electrons. The van der Waals surface area contributed by atoms with Crippen LogP contribution in [0.4, 0.5) is 0 Å². The molecule has 2 N–H and O–H groups in total. The Bertz CT molecular complexity index is 641. The summed E-state index contributed by atoms with van der Waals surface area (Å²) in [5, 5.41) is 10.2. The molecule has 0 saturated carbocycles. The minimum atomic E-state index is -3.62. The van der Waals surface area contributed by atoms with E-state index >= 15 is 0 Å². The highest BCUT2D eigenvalue weighted by Gasteiger charge is 2.23. The lowest BCUT2D eigenvalue weighted by Gasteiger charge is -2.20. The molecule has 2 aromatic rings. The first-order valence-electron chi connectivity index (χ1n) is 6.31. The van der Waals surface area contributed by atoms with Crippen molar-refractivity contribution in [2.45, 2.75) is 24.0 Å². The minimum absolute atomic E-state index is 0.187. The second-order valence-electron chi connectivity index (χ2n) is 4.58. The molecule has 2 aromatic carbocycles. The van der Waals surface area contributed by atoms with Crippen LogP contribution >= 0.6 is 0 Å². The summed E-state index contributed by atoms with van der Waals surface area (Å²) in [7, 11) is -3.62. The molecular formula is C15H17NO3S. The van der Waals surface area contributed by atoms with E-state index in [1.807, 2.05) is 6.07 Å². The molecule has 0 spiro atoms. The zero-order chi connectivity index (χ0) is 14.6. The van der Waals surface area contributed by atoms with Gasteiger partial charge in [0.25, 0.3) is 0 Å². The molecule has 4 nitrogen and oxygen atoms in total. The molecular weight excluding hydrogens is 274 g/mol. The van der Waals surface area contributed by atoms with E-state index in [0.717, 1.165) is 0 Å². The van der Waals surface area contributed by atoms with Crippen LogP contribution in [0.25, 0.3) is 0 Å². The Labute approximate surface area is 119 Å². The van der Waals surface area contributed by atoms with Crippen molar-refractivity contribution in [1.82, 2.24) is 4.72 Å². The largest absolute Gasteiger partial charge is 0.387 e. The summed E-state index contributed by atoms with van der Waals surface area (Å²) in [5.41, 5.74) is 0.677. The van der Waals surface area contributed by atoms with Crippen molar-refractivity contribution in [3.63, 3.8) is 0 Å². The van der Waals surface area contributed by atoms with Gasteiger partial charge in [0.2, 0.25) is 10.0 Å². The van der Waals surface area contributed by atoms with Gasteiger partial charge in [-0.25, -0.2) is 13.1 Å². The second kappa shape index (κ2) is 6.17. The first-order chi connectivity index (χ1) is 9.50. The van der Waals surface area contributed by atoms with Gasteiger partial charge < -0.3 is 5.11 Å². The molecule has 0 fully saturated rings. The molecule has 0 unspecified atom stereocenters. The van der Waals surface area contributed by atoms with Gasteiger partial charge in [-0.05, 0) is 24.6 Å². The summed E-state index contributed by atoms with van der Waals surface area (Å²) in [6.45, 7) is 1.64. The zero-order valence-corrected chi connectivity index (χ0v) is 11.9. The van der Waals surface area contributed by atoms with Crippen LogP contribution in [-0.4, -0.2) is 19.6 Å². The first kappa shape index (κ1) is 14.7. The summed E-state index contributed by atoms with van der Waals surface area (Å²) in [6.07, 6.45) is -0.894. The molecule has 0 aromatic heterocycles. The maximum Gasteiger partial charge on any atom is 0.240 e. The quantitative estimate of drug-likeness (QED) is 0.886. The van der Waals surface area contributed by atoms with Crippen LogP contribution in [-0.2, 0) is 10.0 Å². The van der Waals surface area contributed by atoms with Crippen LogP contribution < -0.4 is 4.72 Å². The Kier molecular flexibility index (Phi) is 4.54. The topological polar surface area (TPSA) is 66.4 Å². The van der Waals surface area contributed by atoms with Crippen LogP contribution in [0.2, 0.25) is 0 Å². The van der Waals surface area contributed by atoms with Crippen molar-refractivity contribution >= 4 is 10.0 Å². The van der Waals surface area contributed by atoms with Gasteiger partial charge in [0, 0.05) is 6.04 Å². The molecule has 20 heavy (non-hydrogen) atoms. The molecule has 0 aliphatic rings. The molecule has 0 aliphatic heterocycles. The van der Waals surface area contributed by atoms with Gasteiger partial charge in [-0.2, -0.15) is 0 Å². The van der Waals surface area contributed by atoms with E-state index in [-0.39, 0.29) is 4.90 Å². The highest BCUT2D eigenvalue weighted by molar-refractivity contribution is 7.89. The Hall–Kier alpha value is -1.69. The number of hydrogen-bond acceptors (Lipinski definition) is 3. The third-order valence-electron chi connectivity index (χ3n) is 3.01. The highest BCUT2D eigenvalue weighted by Crippen LogP contribution is 2.18. The van der Waals surface area contributed by atoms with E-state index < -0.39 is 22.2 Å². The van der Waals surface area contributed by atoms with Crippen LogP contribution in [0.15, 0.2) is 65.6 Å². The highest BCUT2D eigenvalue weighted by atomic mass is 32.2. The summed E-state index contributed by atoms with van der Waals surface area (Å²) in [5.74, 6) is 0. The average molecular weight is 291 g/mol. The Morgan fingerprint density at radius 3 is 2.00 bits per heavy atom. The lowest BCUT2D eigenvalue weighted by atomic mass is 10.0. The fraction of sp³-hybridized carbons (Fsp3) is 0.200. The lowest BCUT2D eigenvalue weighted by Crippen LogP contribution is -2.37. The van der Waals surface area contributed by atoms with Crippen LogP contribution in [0.5, 0.6) is 0 Å². The fourth-order valence-corrected chi connectivity index (χ4v) is 3.19. The molecule has 2 atom stereocenters. The summed E-state index contributed by atoms with van der Waals surface area (Å²) < 4.78 is 26.8. The number of sulfonamides is 1. The smallest absolute Gasteiger partial charge is 0.240 e. The molecule has 2 rings (SSSR count). The van der Waals surface area contributed by atoms with Crippen molar-refractivity contribution < 1.29 is 13.5 Å². The van der Waals surface area contributed by atoms with Crippen molar-refractivity contribution in [3.8, 4) is 0 Å². The van der Waals surface area contributed by atoms with Crippen LogP contribution in [0.3, 0.4) is 0 Å². The Morgan fingerprint density at radius 1 is 0.950 bits per heavy atom. The van der Waals surface area contributed by atoms with Gasteiger partial charge in [-0.1, -0.05) is 48.5 Å². The van der Waals surface area contributed by atoms with Crippen LogP contribution in [0.1, 0.15) is 18.6 Å². The standard InChI is InChI=1S/C15H17NO3S/c1-12(15(17)13-8-4-2-5-9-13)16-20(18,19)14-10-6-3-7-11-14/h2-12,15-17H,1H3/t12-,15-/m0/s1. The first-order valence-corrected chi connectivity index (χ1v) is 7.79. The van der Waals surface area contributed by atoms with Gasteiger partial charge in [-0.3, -0.25) is 0 Å². The predicted octanol–water partition coefficient (Wildman–Crippen LogP) is 2.09. The van der Waals surface area contributed by atoms with Gasteiger partial charge >= 0.3 is 0 Å². The zero-order valence-electron chi connectivity index (χ0n) is 11.1. The Balaban J connectivity index is 2.14. The summed E-state index contributed by atoms with van der Waals surface area (Å²) in [6, 6.07) is 16.5. The van der Waals surface area contributed by atoms with Crippen molar-refractivity contribution in [1.29, 1.82) is 0 Å². The molecule has 0 saturated heterocycles. The van der Waals surface area contributed by atoms with E-state index in [2.05, 4.69) is 4.72 Å². The maximum absolute atomic E-state index is 12.2. The van der Waals surface area contributed by atoms with Crippen LogP contribution in [0, 0.1) is 0 Å². The van der Waals surface area contributed by atoms with E-state index in [9.17, 15) is 13.5 Å². The van der Waals surface area contributed by atoms with Crippen molar-refractivity contribution in [2.24, 2.45) is 0 Å². The molecule has 0 aliphatic carbocycles. The number of hydrogen-bond donors (Lipinski definition) is 2. The molecule has 0 amide bonds. The molecule has 0 bridgehead atoms. The second-order valence-corrected chi connectivity index (χ2v) is 6.29. The molecule has 5 heteroatoms. The van der Waals surface area contributed by atoms with Gasteiger partial charge in [0.1, 0.15) is 0 Å². The third kappa shape index (κ3) is 3.45. The average Bonchev–Trinajstić information content (AvgIpc) is 2.48. The number of benzene rings is 2. The van der Waals surface area contributed by atoms with E-state index in [1.54, 1.807) is 49.4 Å². The van der Waals surface area contributed by atoms with Crippen molar-refractivity contribution in [3.05, 3.63) is 66.2 Å². The number of aliphatic hydroxyl groups excluding tert-OH is 1. The third-order valence-corrected chi connectivity index (χ3v) is 4.58. The van der Waals surface area contributed by atoms with E-state index in [1.165, 1.54) is 12.1 Å². The van der Waals surface area contributed by atoms with Gasteiger partial charge in [0.05, 0.1) is 11.0 Å². The van der Waals surface area contributed by atoms with E-state index in [4.69, 9.17) is 0 Å². The fourth-order valence-electron chi connectivity index (χ4n) is 1.92. The van der Waals surface area contributed by atoms with Gasteiger partial charge in [0.15, 0.2) is 0 Å². The number of aliphatic hydroxyl groups is 1. The normalized spacial score (nSPS) is 14.7. The molecule has 0 radical (unpaired) electrons. The number of rotatable bonds is 5. The lowest BCUT2D eigenvalue weighted by molar-refractivity contribution is 0.146. The summed E-state index contributed by atoms with van der Waals surface area (Å²) in [4.78, 5) is 0.187. The number of nitrogens with one attached hydrogen (secondary N) is 1. The maximum atomic E-state index is 12.2. The minimum Gasteiger partial charge on any atom is -0.387 e. The van der Waals surface area contributed by atoms with E-state index in [0.29, 0.717) is 5.56 Å². The molecule has 0 heterocycles. The summed E-state index contributed by atoms with van der Waals surface area (Å²) >= 11 is 0. The van der Waals surface area contributed by atoms with Gasteiger partial charge in [-0.15, -0.1) is 0 Å². The monoisotopic (exact) mass is 291 g/mol. The SMILES string of the molecule is C[C@H](NS(=O)(=O)c1ccccc1)[C@H](O)c1ccccc1. The predicted molar refractivity (Wildman–Crippen MR) is 77.6 cm³/mol.